The lowest BCUT2D eigenvalue weighted by Crippen LogP contribution is -2.50. The highest BCUT2D eigenvalue weighted by atomic mass is 16.5. The molecule has 7 heteroatoms. The van der Waals surface area contributed by atoms with E-state index in [4.69, 9.17) is 28.1 Å². The van der Waals surface area contributed by atoms with E-state index in [1.807, 2.05) is 24.3 Å². The van der Waals surface area contributed by atoms with Gasteiger partial charge in [-0.3, -0.25) is 4.79 Å². The molecule has 0 aromatic heterocycles. The number of fused-ring (bicyclic) bond motifs is 10. The van der Waals surface area contributed by atoms with Crippen LogP contribution in [0.25, 0.3) is 0 Å². The van der Waals surface area contributed by atoms with Crippen molar-refractivity contribution >= 4 is 11.9 Å². The monoisotopic (exact) mass is 703 g/mol. The zero-order valence-electron chi connectivity index (χ0n) is 30.7. The van der Waals surface area contributed by atoms with Gasteiger partial charge in [-0.05, 0) is 165 Å². The third kappa shape index (κ3) is 5.37. The SMILES string of the molecule is C#CC1(O)CCC2C3CCc4cc(OC(=O)CCC(N)C(=O)Oc5ccc6c(c5)CCC5C6CCC6(C)C5CCC6(O)C#C)ccc4C3CCC21C. The smallest absolute Gasteiger partial charge is 0.328 e. The molecule has 0 aliphatic heterocycles. The number of carbonyl (C=O) groups excluding carboxylic acids is 2. The Morgan fingerprint density at radius 1 is 0.769 bits per heavy atom. The van der Waals surface area contributed by atoms with Gasteiger partial charge in [0.15, 0.2) is 0 Å². The van der Waals surface area contributed by atoms with Crippen LogP contribution in [0.4, 0.5) is 0 Å². The van der Waals surface area contributed by atoms with Gasteiger partial charge in [-0.15, -0.1) is 12.8 Å². The summed E-state index contributed by atoms with van der Waals surface area (Å²) in [5.74, 6) is 8.12. The minimum absolute atomic E-state index is 0.00144. The van der Waals surface area contributed by atoms with Gasteiger partial charge >= 0.3 is 11.9 Å². The summed E-state index contributed by atoms with van der Waals surface area (Å²) in [6.07, 6.45) is 22.7. The fourth-order valence-electron chi connectivity index (χ4n) is 12.5. The van der Waals surface area contributed by atoms with E-state index in [9.17, 15) is 19.8 Å². The molecule has 4 saturated carbocycles. The zero-order chi connectivity index (χ0) is 36.6. The highest BCUT2D eigenvalue weighted by Crippen LogP contribution is 2.65. The van der Waals surface area contributed by atoms with E-state index in [-0.39, 0.29) is 23.7 Å². The molecule has 274 valence electrons. The molecule has 2 aromatic rings. The molecule has 4 fully saturated rings. The van der Waals surface area contributed by atoms with Gasteiger partial charge < -0.3 is 25.4 Å². The summed E-state index contributed by atoms with van der Waals surface area (Å²) in [6.45, 7) is 4.38. The average Bonchev–Trinajstić information content (AvgIpc) is 3.58. The topological polar surface area (TPSA) is 119 Å². The van der Waals surface area contributed by atoms with Crippen molar-refractivity contribution in [2.45, 2.75) is 133 Å². The average molecular weight is 704 g/mol. The summed E-state index contributed by atoms with van der Waals surface area (Å²) in [5, 5.41) is 22.4. The van der Waals surface area contributed by atoms with Crippen molar-refractivity contribution in [3.05, 3.63) is 58.7 Å². The Morgan fingerprint density at radius 2 is 1.25 bits per heavy atom. The highest BCUT2D eigenvalue weighted by Gasteiger charge is 2.62. The van der Waals surface area contributed by atoms with Crippen LogP contribution < -0.4 is 15.2 Å². The minimum atomic E-state index is -1.02. The van der Waals surface area contributed by atoms with Crippen molar-refractivity contribution < 1.29 is 29.3 Å². The van der Waals surface area contributed by atoms with Crippen LogP contribution in [0.15, 0.2) is 36.4 Å². The van der Waals surface area contributed by atoms with Crippen molar-refractivity contribution in [2.75, 3.05) is 0 Å². The second kappa shape index (κ2) is 12.8. The van der Waals surface area contributed by atoms with Crippen LogP contribution in [0.1, 0.15) is 125 Å². The minimum Gasteiger partial charge on any atom is -0.427 e. The van der Waals surface area contributed by atoms with Gasteiger partial charge in [0.1, 0.15) is 28.7 Å². The maximum atomic E-state index is 13.0. The van der Waals surface area contributed by atoms with Gasteiger partial charge in [-0.2, -0.15) is 0 Å². The lowest BCUT2D eigenvalue weighted by molar-refractivity contribution is -0.137. The Bertz CT molecular complexity index is 1870. The molecule has 0 amide bonds. The van der Waals surface area contributed by atoms with Crippen molar-refractivity contribution in [2.24, 2.45) is 40.2 Å². The van der Waals surface area contributed by atoms with Crippen LogP contribution >= 0.6 is 0 Å². The number of carbonyl (C=O) groups is 2. The summed E-state index contributed by atoms with van der Waals surface area (Å²) in [4.78, 5) is 25.9. The number of aliphatic hydroxyl groups is 2. The fourth-order valence-corrected chi connectivity index (χ4v) is 12.5. The van der Waals surface area contributed by atoms with Crippen LogP contribution in [0, 0.1) is 59.2 Å². The first kappa shape index (κ1) is 35.4. The summed E-state index contributed by atoms with van der Waals surface area (Å²) in [6, 6.07) is 11.0. The van der Waals surface area contributed by atoms with E-state index in [2.05, 4.69) is 37.8 Å². The Balaban J connectivity index is 0.840. The third-order valence-corrected chi connectivity index (χ3v) is 15.6. The number of ether oxygens (including phenoxy) is 2. The first-order chi connectivity index (χ1) is 24.8. The van der Waals surface area contributed by atoms with Gasteiger partial charge in [-0.1, -0.05) is 37.8 Å². The number of rotatable bonds is 6. The highest BCUT2D eigenvalue weighted by molar-refractivity contribution is 5.79. The molecule has 6 aliphatic carbocycles. The number of hydrogen-bond acceptors (Lipinski definition) is 7. The molecule has 0 bridgehead atoms. The molecule has 7 nitrogen and oxygen atoms in total. The van der Waals surface area contributed by atoms with Crippen LogP contribution in [-0.4, -0.2) is 39.4 Å². The maximum absolute atomic E-state index is 13.0. The maximum Gasteiger partial charge on any atom is 0.328 e. The molecule has 0 spiro atoms. The number of benzene rings is 2. The molecule has 0 saturated heterocycles. The Hall–Kier alpha value is -3.62. The van der Waals surface area contributed by atoms with E-state index in [0.29, 0.717) is 59.8 Å². The van der Waals surface area contributed by atoms with Crippen LogP contribution in [-0.2, 0) is 22.4 Å². The molecule has 11 atom stereocenters. The summed E-state index contributed by atoms with van der Waals surface area (Å²) < 4.78 is 11.4. The van der Waals surface area contributed by atoms with E-state index in [1.54, 1.807) is 0 Å². The van der Waals surface area contributed by atoms with Crippen LogP contribution in [0.5, 0.6) is 11.5 Å². The van der Waals surface area contributed by atoms with Crippen LogP contribution in [0.2, 0.25) is 0 Å². The molecule has 52 heavy (non-hydrogen) atoms. The summed E-state index contributed by atoms with van der Waals surface area (Å²) >= 11 is 0. The molecule has 8 rings (SSSR count). The molecule has 4 N–H and O–H groups in total. The Kier molecular flexibility index (Phi) is 8.69. The Labute approximate surface area is 308 Å². The van der Waals surface area contributed by atoms with E-state index >= 15 is 0 Å². The molecule has 0 radical (unpaired) electrons. The van der Waals surface area contributed by atoms with Gasteiger partial charge in [0.25, 0.3) is 0 Å². The number of hydrogen-bond donors (Lipinski definition) is 3. The van der Waals surface area contributed by atoms with Gasteiger partial charge in [-0.25, -0.2) is 4.79 Å². The lowest BCUT2D eigenvalue weighted by Gasteiger charge is -2.52. The molecule has 0 heterocycles. The predicted octanol–water partition coefficient (Wildman–Crippen LogP) is 6.75. The molecular formula is C45H53NO6. The standard InChI is InChI=1S/C45H53NO6/c1-5-44(49)23-19-37-35-11-7-27-25-29(9-13-31(27)33(35)17-21-42(37,44)3)51-40(47)16-15-39(46)41(48)52-30-10-14-32-28(26-30)8-12-36-34(32)18-22-43(4)38(36)20-24-45(43,50)6-2/h1-2,9-10,13-14,25-26,33-39,49-50H,7-8,11-12,15-24,46H2,3-4H3. The predicted molar refractivity (Wildman–Crippen MR) is 198 cm³/mol. The molecule has 2 aromatic carbocycles. The lowest BCUT2D eigenvalue weighted by atomic mass is 9.53. The first-order valence-corrected chi connectivity index (χ1v) is 19.7. The van der Waals surface area contributed by atoms with Crippen molar-refractivity contribution in [1.82, 2.24) is 0 Å². The molecule has 6 aliphatic rings. The third-order valence-electron chi connectivity index (χ3n) is 15.6. The summed E-state index contributed by atoms with van der Waals surface area (Å²) in [7, 11) is 0. The van der Waals surface area contributed by atoms with E-state index in [0.717, 1.165) is 64.2 Å². The van der Waals surface area contributed by atoms with Crippen molar-refractivity contribution in [3.63, 3.8) is 0 Å². The van der Waals surface area contributed by atoms with E-state index < -0.39 is 29.2 Å². The molecule has 11 unspecified atom stereocenters. The van der Waals surface area contributed by atoms with Crippen molar-refractivity contribution in [1.29, 1.82) is 0 Å². The number of terminal acetylenes is 2. The number of aryl methyl sites for hydroxylation is 2. The molecular weight excluding hydrogens is 650 g/mol. The number of nitrogens with two attached hydrogens (primary N) is 1. The zero-order valence-corrected chi connectivity index (χ0v) is 30.7. The fraction of sp³-hybridized carbons (Fsp3) is 0.600. The van der Waals surface area contributed by atoms with E-state index in [1.165, 1.54) is 22.3 Å². The second-order valence-corrected chi connectivity index (χ2v) is 17.6. The van der Waals surface area contributed by atoms with Gasteiger partial charge in [0.05, 0.1) is 0 Å². The second-order valence-electron chi connectivity index (χ2n) is 17.6. The number of esters is 2. The first-order valence-electron chi connectivity index (χ1n) is 19.7. The van der Waals surface area contributed by atoms with Crippen LogP contribution in [0.3, 0.4) is 0 Å². The quantitative estimate of drug-likeness (QED) is 0.173. The van der Waals surface area contributed by atoms with Crippen molar-refractivity contribution in [3.8, 4) is 36.2 Å². The van der Waals surface area contributed by atoms with Gasteiger partial charge in [0, 0.05) is 17.3 Å². The largest absolute Gasteiger partial charge is 0.427 e. The normalized spacial score (nSPS) is 38.8. The van der Waals surface area contributed by atoms with Gasteiger partial charge in [0.2, 0.25) is 0 Å². The Morgan fingerprint density at radius 3 is 1.73 bits per heavy atom. The summed E-state index contributed by atoms with van der Waals surface area (Å²) in [5.41, 5.74) is 8.77.